The van der Waals surface area contributed by atoms with Crippen LogP contribution in [-0.2, 0) is 9.53 Å². The lowest BCUT2D eigenvalue weighted by Gasteiger charge is -2.28. The van der Waals surface area contributed by atoms with Gasteiger partial charge in [0.2, 0.25) is 0 Å². The number of carbonyl (C=O) groups excluding carboxylic acids is 2. The monoisotopic (exact) mass is 356 g/mol. The van der Waals surface area contributed by atoms with Gasteiger partial charge < -0.3 is 24.8 Å². The minimum Gasteiger partial charge on any atom is -0.493 e. The van der Waals surface area contributed by atoms with E-state index in [-0.39, 0.29) is 23.7 Å². The van der Waals surface area contributed by atoms with E-state index in [4.69, 9.17) is 9.47 Å². The van der Waals surface area contributed by atoms with Crippen molar-refractivity contribution in [2.75, 3.05) is 13.7 Å². The van der Waals surface area contributed by atoms with Crippen LogP contribution in [0.4, 0.5) is 13.6 Å². The zero-order valence-corrected chi connectivity index (χ0v) is 13.9. The summed E-state index contributed by atoms with van der Waals surface area (Å²) >= 11 is 0. The highest BCUT2D eigenvalue weighted by Gasteiger charge is 2.32. The lowest BCUT2D eigenvalue weighted by atomic mass is 9.95. The van der Waals surface area contributed by atoms with Crippen LogP contribution in [-0.4, -0.2) is 32.3 Å². The summed E-state index contributed by atoms with van der Waals surface area (Å²) < 4.78 is 39.6. The fourth-order valence-corrected chi connectivity index (χ4v) is 2.48. The van der Waals surface area contributed by atoms with E-state index in [0.717, 1.165) is 0 Å². The van der Waals surface area contributed by atoms with Crippen molar-refractivity contribution in [3.05, 3.63) is 35.0 Å². The number of nitrogens with one attached hydrogen (secondary N) is 2. The number of rotatable bonds is 6. The van der Waals surface area contributed by atoms with Gasteiger partial charge in [-0.2, -0.15) is 8.78 Å². The first-order chi connectivity index (χ1) is 11.9. The van der Waals surface area contributed by atoms with Gasteiger partial charge in [0.05, 0.1) is 25.3 Å². The molecule has 7 nitrogen and oxygen atoms in total. The largest absolute Gasteiger partial charge is 0.493 e. The van der Waals surface area contributed by atoms with Crippen LogP contribution < -0.4 is 20.1 Å². The summed E-state index contributed by atoms with van der Waals surface area (Å²) in [5.41, 5.74) is 0.864. The van der Waals surface area contributed by atoms with Crippen LogP contribution in [0.25, 0.3) is 0 Å². The van der Waals surface area contributed by atoms with E-state index in [0.29, 0.717) is 11.3 Å². The molecule has 0 fully saturated rings. The highest BCUT2D eigenvalue weighted by molar-refractivity contribution is 5.95. The van der Waals surface area contributed by atoms with Gasteiger partial charge in [0, 0.05) is 5.70 Å². The van der Waals surface area contributed by atoms with E-state index in [1.54, 1.807) is 19.9 Å². The summed E-state index contributed by atoms with van der Waals surface area (Å²) in [5, 5.41) is 5.07. The van der Waals surface area contributed by atoms with Gasteiger partial charge in [0.15, 0.2) is 11.5 Å². The Balaban J connectivity index is 2.47. The Morgan fingerprint density at radius 2 is 2.04 bits per heavy atom. The van der Waals surface area contributed by atoms with E-state index in [1.165, 1.54) is 19.2 Å². The molecule has 2 amide bonds. The van der Waals surface area contributed by atoms with E-state index >= 15 is 0 Å². The number of halogens is 2. The van der Waals surface area contributed by atoms with E-state index < -0.39 is 24.7 Å². The SMILES string of the molecule is CCOC(=O)C1=C(C)NC(=O)N[C@@H]1c1ccc(OC)c(OC(F)F)c1. The number of hydrogen-bond donors (Lipinski definition) is 2. The molecular formula is C16H18F2N2O5. The number of alkyl halides is 2. The molecule has 0 saturated heterocycles. The maximum Gasteiger partial charge on any atom is 0.387 e. The molecule has 136 valence electrons. The Labute approximate surface area is 142 Å². The van der Waals surface area contributed by atoms with Crippen LogP contribution in [0, 0.1) is 0 Å². The zero-order chi connectivity index (χ0) is 18.6. The van der Waals surface area contributed by atoms with Gasteiger partial charge in [-0.15, -0.1) is 0 Å². The molecule has 0 radical (unpaired) electrons. The molecule has 0 saturated carbocycles. The number of esters is 1. The molecule has 9 heteroatoms. The molecular weight excluding hydrogens is 338 g/mol. The molecule has 25 heavy (non-hydrogen) atoms. The van der Waals surface area contributed by atoms with E-state index in [9.17, 15) is 18.4 Å². The van der Waals surface area contributed by atoms with Gasteiger partial charge in [0.1, 0.15) is 0 Å². The Morgan fingerprint density at radius 3 is 2.64 bits per heavy atom. The fourth-order valence-electron chi connectivity index (χ4n) is 2.48. The predicted octanol–water partition coefficient (Wildman–Crippen LogP) is 2.49. The summed E-state index contributed by atoms with van der Waals surface area (Å²) in [6, 6.07) is 2.84. The number of hydrogen-bond acceptors (Lipinski definition) is 5. The maximum atomic E-state index is 12.6. The lowest BCUT2D eigenvalue weighted by molar-refractivity contribution is -0.139. The number of allylic oxidation sites excluding steroid dienone is 1. The normalized spacial score (nSPS) is 17.0. The highest BCUT2D eigenvalue weighted by atomic mass is 19.3. The Kier molecular flexibility index (Phi) is 5.79. The number of ether oxygens (including phenoxy) is 3. The van der Waals surface area contributed by atoms with Crippen LogP contribution >= 0.6 is 0 Å². The Hall–Kier alpha value is -2.84. The Bertz CT molecular complexity index is 706. The van der Waals surface area contributed by atoms with E-state index in [2.05, 4.69) is 15.4 Å². The fraction of sp³-hybridized carbons (Fsp3) is 0.375. The molecule has 2 rings (SSSR count). The third kappa shape index (κ3) is 4.17. The highest BCUT2D eigenvalue weighted by Crippen LogP contribution is 2.35. The first kappa shape index (κ1) is 18.5. The molecule has 1 aromatic rings. The second-order valence-corrected chi connectivity index (χ2v) is 5.08. The van der Waals surface area contributed by atoms with Gasteiger partial charge in [-0.05, 0) is 31.5 Å². The minimum atomic E-state index is -3.05. The average Bonchev–Trinajstić information content (AvgIpc) is 2.53. The van der Waals surface area contributed by atoms with E-state index in [1.807, 2.05) is 0 Å². The number of carbonyl (C=O) groups is 2. The lowest BCUT2D eigenvalue weighted by Crippen LogP contribution is -2.45. The van der Waals surface area contributed by atoms with Gasteiger partial charge >= 0.3 is 18.6 Å². The van der Waals surface area contributed by atoms with Crippen LogP contribution in [0.3, 0.4) is 0 Å². The van der Waals surface area contributed by atoms with Gasteiger partial charge in [-0.25, -0.2) is 9.59 Å². The third-order valence-electron chi connectivity index (χ3n) is 3.50. The summed E-state index contributed by atoms with van der Waals surface area (Å²) in [7, 11) is 1.31. The standard InChI is InChI=1S/C16H18F2N2O5/c1-4-24-14(21)12-8(2)19-16(22)20-13(12)9-5-6-10(23-3)11(7-9)25-15(17)18/h5-7,13,15H,4H2,1-3H3,(H2,19,20,22)/t13-/m1/s1. The molecule has 0 bridgehead atoms. The average molecular weight is 356 g/mol. The molecule has 0 aromatic heterocycles. The molecule has 1 aromatic carbocycles. The summed E-state index contributed by atoms with van der Waals surface area (Å²) in [6.45, 7) is 0.310. The smallest absolute Gasteiger partial charge is 0.387 e. The summed E-state index contributed by atoms with van der Waals surface area (Å²) in [5.74, 6) is -0.726. The van der Waals surface area contributed by atoms with Crippen molar-refractivity contribution < 1.29 is 32.6 Å². The molecule has 1 aliphatic rings. The summed E-state index contributed by atoms with van der Waals surface area (Å²) in [6.07, 6.45) is 0. The Morgan fingerprint density at radius 1 is 1.32 bits per heavy atom. The van der Waals surface area contributed by atoms with Crippen molar-refractivity contribution in [3.8, 4) is 11.5 Å². The van der Waals surface area contributed by atoms with Crippen molar-refractivity contribution in [2.45, 2.75) is 26.5 Å². The number of methoxy groups -OCH3 is 1. The van der Waals surface area contributed by atoms with Crippen molar-refractivity contribution in [3.63, 3.8) is 0 Å². The first-order valence-electron chi connectivity index (χ1n) is 7.45. The predicted molar refractivity (Wildman–Crippen MR) is 83.4 cm³/mol. The third-order valence-corrected chi connectivity index (χ3v) is 3.50. The minimum absolute atomic E-state index is 0.0997. The van der Waals surface area contributed by atoms with Crippen molar-refractivity contribution >= 4 is 12.0 Å². The molecule has 2 N–H and O–H groups in total. The quantitative estimate of drug-likeness (QED) is 0.765. The van der Waals surface area contributed by atoms with Crippen molar-refractivity contribution in [1.82, 2.24) is 10.6 Å². The van der Waals surface area contributed by atoms with Gasteiger partial charge in [-0.1, -0.05) is 6.07 Å². The summed E-state index contributed by atoms with van der Waals surface area (Å²) in [4.78, 5) is 24.0. The number of amides is 2. The van der Waals surface area contributed by atoms with Crippen molar-refractivity contribution in [1.29, 1.82) is 0 Å². The number of urea groups is 1. The second kappa shape index (κ2) is 7.82. The van der Waals surface area contributed by atoms with Crippen molar-refractivity contribution in [2.24, 2.45) is 0 Å². The number of benzene rings is 1. The maximum absolute atomic E-state index is 12.6. The molecule has 0 unspecified atom stereocenters. The molecule has 0 spiro atoms. The van der Waals surface area contributed by atoms with Gasteiger partial charge in [-0.3, -0.25) is 0 Å². The molecule has 1 atom stereocenters. The molecule has 0 aliphatic carbocycles. The van der Waals surface area contributed by atoms with Gasteiger partial charge in [0.25, 0.3) is 0 Å². The van der Waals surface area contributed by atoms with Crippen LogP contribution in [0.2, 0.25) is 0 Å². The van der Waals surface area contributed by atoms with Crippen LogP contribution in [0.1, 0.15) is 25.5 Å². The first-order valence-corrected chi connectivity index (χ1v) is 7.45. The molecule has 1 aliphatic heterocycles. The zero-order valence-electron chi connectivity index (χ0n) is 13.9. The topological polar surface area (TPSA) is 85.9 Å². The second-order valence-electron chi connectivity index (χ2n) is 5.08. The van der Waals surface area contributed by atoms with Crippen LogP contribution in [0.5, 0.6) is 11.5 Å². The molecule has 1 heterocycles. The van der Waals surface area contributed by atoms with Crippen LogP contribution in [0.15, 0.2) is 29.5 Å².